The lowest BCUT2D eigenvalue weighted by Gasteiger charge is -2.29. The molecule has 1 fully saturated rings. The number of imide groups is 1. The van der Waals surface area contributed by atoms with Crippen molar-refractivity contribution >= 4 is 17.8 Å². The van der Waals surface area contributed by atoms with Crippen LogP contribution in [0.15, 0.2) is 22.8 Å². The third-order valence-corrected chi connectivity index (χ3v) is 2.70. The number of rotatable bonds is 2. The largest absolute Gasteiger partial charge is 0.459 e. The molecule has 2 heterocycles. The molecule has 10 heteroatoms. The fourth-order valence-electron chi connectivity index (χ4n) is 1.63. The lowest BCUT2D eigenvalue weighted by molar-refractivity contribution is -0.200. The van der Waals surface area contributed by atoms with Gasteiger partial charge < -0.3 is 9.73 Å². The van der Waals surface area contributed by atoms with Gasteiger partial charge in [-0.1, -0.05) is 0 Å². The molecule has 1 aliphatic rings. The Hall–Kier alpha value is -2.52. The zero-order valence-electron chi connectivity index (χ0n) is 9.95. The van der Waals surface area contributed by atoms with E-state index in [2.05, 4.69) is 4.42 Å². The number of nitrogens with one attached hydrogen (secondary N) is 2. The molecule has 0 bridgehead atoms. The predicted molar refractivity (Wildman–Crippen MR) is 56.3 cm³/mol. The molecule has 4 amide bonds. The fraction of sp³-hybridized carbons (Fsp3) is 0.300. The Morgan fingerprint density at radius 2 is 2.10 bits per heavy atom. The van der Waals surface area contributed by atoms with Gasteiger partial charge in [-0.2, -0.15) is 13.2 Å². The number of halogens is 3. The summed E-state index contributed by atoms with van der Waals surface area (Å²) in [5.41, 5.74) is -3.50. The maximum absolute atomic E-state index is 13.1. The molecule has 7 nitrogen and oxygen atoms in total. The number of carbonyl (C=O) groups is 3. The summed E-state index contributed by atoms with van der Waals surface area (Å²) >= 11 is 0. The first-order chi connectivity index (χ1) is 9.19. The summed E-state index contributed by atoms with van der Waals surface area (Å²) in [4.78, 5) is 34.8. The molecule has 1 aliphatic heterocycles. The van der Waals surface area contributed by atoms with E-state index in [-0.39, 0.29) is 4.90 Å². The molecule has 2 rings (SSSR count). The Labute approximate surface area is 109 Å². The minimum Gasteiger partial charge on any atom is -0.459 e. The van der Waals surface area contributed by atoms with E-state index in [1.165, 1.54) is 16.7 Å². The van der Waals surface area contributed by atoms with E-state index < -0.39 is 35.4 Å². The number of alkyl halides is 3. The van der Waals surface area contributed by atoms with Crippen molar-refractivity contribution in [1.29, 1.82) is 0 Å². The Bertz CT molecular complexity index is 569. The number of furan rings is 1. The molecule has 0 aliphatic carbocycles. The van der Waals surface area contributed by atoms with Gasteiger partial charge in [0.25, 0.3) is 17.5 Å². The third-order valence-electron chi connectivity index (χ3n) is 2.70. The van der Waals surface area contributed by atoms with E-state index in [4.69, 9.17) is 0 Å². The lowest BCUT2D eigenvalue weighted by Crippen LogP contribution is -2.69. The molecule has 0 radical (unpaired) electrons. The molecular weight excluding hydrogens is 283 g/mol. The van der Waals surface area contributed by atoms with E-state index in [9.17, 15) is 27.6 Å². The van der Waals surface area contributed by atoms with Crippen LogP contribution in [0.3, 0.4) is 0 Å². The molecular formula is C10H8F3N3O4. The van der Waals surface area contributed by atoms with Crippen LogP contribution in [-0.4, -0.2) is 41.6 Å². The number of hydrogen-bond acceptors (Lipinski definition) is 4. The highest BCUT2D eigenvalue weighted by Gasteiger charge is 2.68. The van der Waals surface area contributed by atoms with Gasteiger partial charge in [0.15, 0.2) is 5.76 Å². The summed E-state index contributed by atoms with van der Waals surface area (Å²) in [6.45, 7) is 0. The zero-order valence-corrected chi connectivity index (χ0v) is 9.95. The van der Waals surface area contributed by atoms with Crippen LogP contribution in [0.1, 0.15) is 10.6 Å². The molecule has 1 atom stereocenters. The van der Waals surface area contributed by atoms with E-state index in [0.717, 1.165) is 19.4 Å². The minimum absolute atomic E-state index is 0.232. The highest BCUT2D eigenvalue weighted by molar-refractivity contribution is 6.09. The van der Waals surface area contributed by atoms with Gasteiger partial charge in [-0.25, -0.2) is 4.79 Å². The number of urea groups is 1. The van der Waals surface area contributed by atoms with E-state index >= 15 is 0 Å². The summed E-state index contributed by atoms with van der Waals surface area (Å²) in [5.74, 6) is -3.34. The number of likely N-dealkylation sites (N-methyl/N-ethyl adjacent to an activating group) is 1. The van der Waals surface area contributed by atoms with Crippen molar-refractivity contribution < 1.29 is 32.0 Å². The standard InChI is InChI=1S/C10H8F3N3O4/c1-16-7(18)9(10(11,12)13,15-8(16)19)14-6(17)5-3-2-4-20-5/h2-4H,1H3,(H,14,17)(H,15,19)/t9-/m1/s1. The van der Waals surface area contributed by atoms with Crippen LogP contribution in [0.25, 0.3) is 0 Å². The van der Waals surface area contributed by atoms with Crippen LogP contribution in [0.5, 0.6) is 0 Å². The Morgan fingerprint density at radius 3 is 2.50 bits per heavy atom. The number of carbonyl (C=O) groups excluding carboxylic acids is 3. The molecule has 0 spiro atoms. The van der Waals surface area contributed by atoms with Gasteiger partial charge in [0.2, 0.25) is 0 Å². The first kappa shape index (κ1) is 13.9. The SMILES string of the molecule is CN1C(=O)N[C@@](NC(=O)c2ccco2)(C(F)(F)F)C1=O. The number of nitrogens with zero attached hydrogens (tertiary/aromatic N) is 1. The lowest BCUT2D eigenvalue weighted by atomic mass is 10.1. The monoisotopic (exact) mass is 291 g/mol. The molecule has 0 aromatic carbocycles. The molecule has 1 aromatic heterocycles. The average Bonchev–Trinajstić information content (AvgIpc) is 2.93. The summed E-state index contributed by atoms with van der Waals surface area (Å²) in [6.07, 6.45) is -4.14. The fourth-order valence-corrected chi connectivity index (χ4v) is 1.63. The average molecular weight is 291 g/mol. The van der Waals surface area contributed by atoms with Crippen molar-refractivity contribution in [2.75, 3.05) is 7.05 Å². The summed E-state index contributed by atoms with van der Waals surface area (Å²) in [6, 6.07) is 1.13. The minimum atomic E-state index is -5.22. The Morgan fingerprint density at radius 1 is 1.45 bits per heavy atom. The second-order valence-corrected chi connectivity index (χ2v) is 3.97. The molecule has 108 valence electrons. The third kappa shape index (κ3) is 1.89. The van der Waals surface area contributed by atoms with Gasteiger partial charge in [-0.15, -0.1) is 0 Å². The van der Waals surface area contributed by atoms with Crippen molar-refractivity contribution in [3.8, 4) is 0 Å². The smallest absolute Gasteiger partial charge is 0.440 e. The maximum Gasteiger partial charge on any atom is 0.440 e. The summed E-state index contributed by atoms with van der Waals surface area (Å²) in [7, 11) is 0.865. The second kappa shape index (κ2) is 4.25. The molecule has 0 unspecified atom stereocenters. The molecule has 1 aromatic rings. The van der Waals surface area contributed by atoms with Crippen molar-refractivity contribution in [2.24, 2.45) is 0 Å². The van der Waals surface area contributed by atoms with Crippen molar-refractivity contribution in [3.63, 3.8) is 0 Å². The van der Waals surface area contributed by atoms with E-state index in [0.29, 0.717) is 0 Å². The first-order valence-corrected chi connectivity index (χ1v) is 5.22. The molecule has 0 saturated carbocycles. The van der Waals surface area contributed by atoms with Gasteiger partial charge in [0.1, 0.15) is 0 Å². The maximum atomic E-state index is 13.1. The highest BCUT2D eigenvalue weighted by atomic mass is 19.4. The summed E-state index contributed by atoms with van der Waals surface area (Å²) < 4.78 is 44.0. The Balaban J connectivity index is 2.38. The van der Waals surface area contributed by atoms with Crippen LogP contribution in [0.2, 0.25) is 0 Å². The van der Waals surface area contributed by atoms with Crippen LogP contribution >= 0.6 is 0 Å². The van der Waals surface area contributed by atoms with Crippen LogP contribution < -0.4 is 10.6 Å². The van der Waals surface area contributed by atoms with Crippen molar-refractivity contribution in [1.82, 2.24) is 15.5 Å². The number of amides is 4. The van der Waals surface area contributed by atoms with E-state index in [1.807, 2.05) is 0 Å². The van der Waals surface area contributed by atoms with Crippen LogP contribution in [-0.2, 0) is 4.79 Å². The first-order valence-electron chi connectivity index (χ1n) is 5.22. The van der Waals surface area contributed by atoms with Gasteiger partial charge >= 0.3 is 12.2 Å². The van der Waals surface area contributed by atoms with Crippen molar-refractivity contribution in [3.05, 3.63) is 24.2 Å². The number of hydrogen-bond donors (Lipinski definition) is 2. The summed E-state index contributed by atoms with van der Waals surface area (Å²) in [5, 5.41) is 2.90. The highest BCUT2D eigenvalue weighted by Crippen LogP contribution is 2.33. The second-order valence-electron chi connectivity index (χ2n) is 3.97. The van der Waals surface area contributed by atoms with Gasteiger partial charge in [-0.05, 0) is 12.1 Å². The molecule has 20 heavy (non-hydrogen) atoms. The topological polar surface area (TPSA) is 91.7 Å². The van der Waals surface area contributed by atoms with Gasteiger partial charge in [0, 0.05) is 7.05 Å². The molecule has 2 N–H and O–H groups in total. The van der Waals surface area contributed by atoms with Gasteiger partial charge in [-0.3, -0.25) is 19.8 Å². The van der Waals surface area contributed by atoms with Crippen molar-refractivity contribution in [2.45, 2.75) is 11.8 Å². The van der Waals surface area contributed by atoms with Gasteiger partial charge in [0.05, 0.1) is 6.26 Å². The van der Waals surface area contributed by atoms with Crippen LogP contribution in [0, 0.1) is 0 Å². The Kier molecular flexibility index (Phi) is 2.95. The van der Waals surface area contributed by atoms with E-state index in [1.54, 1.807) is 0 Å². The zero-order chi connectivity index (χ0) is 15.1. The van der Waals surface area contributed by atoms with Crippen LogP contribution in [0.4, 0.5) is 18.0 Å². The molecule has 1 saturated heterocycles. The predicted octanol–water partition coefficient (Wildman–Crippen LogP) is 0.450. The quantitative estimate of drug-likeness (QED) is 0.774. The normalized spacial score (nSPS) is 22.9.